The minimum atomic E-state index is -0.391. The number of benzene rings is 4. The molecular formula is C25H15Cl2N3O2S. The van der Waals surface area contributed by atoms with Gasteiger partial charge in [-0.3, -0.25) is 10.1 Å². The molecule has 5 rings (SSSR count). The van der Waals surface area contributed by atoms with Gasteiger partial charge < -0.3 is 9.73 Å². The Kier molecular flexibility index (Phi) is 5.72. The fourth-order valence-corrected chi connectivity index (χ4v) is 4.23. The molecule has 4 aromatic carbocycles. The molecule has 0 aliphatic rings. The molecule has 1 heterocycles. The molecule has 0 aliphatic heterocycles. The average Bonchev–Trinajstić information content (AvgIpc) is 3.22. The van der Waals surface area contributed by atoms with Crippen molar-refractivity contribution in [1.82, 2.24) is 10.3 Å². The first kappa shape index (κ1) is 21.4. The van der Waals surface area contributed by atoms with Crippen LogP contribution < -0.4 is 10.6 Å². The monoisotopic (exact) mass is 491 g/mol. The smallest absolute Gasteiger partial charge is 0.258 e. The number of thiocarbonyl (C=S) groups is 1. The van der Waals surface area contributed by atoms with E-state index in [2.05, 4.69) is 15.6 Å². The van der Waals surface area contributed by atoms with E-state index in [1.165, 1.54) is 0 Å². The molecule has 0 bridgehead atoms. The Labute approximate surface area is 204 Å². The van der Waals surface area contributed by atoms with Crippen molar-refractivity contribution in [3.8, 4) is 11.5 Å². The third-order valence-corrected chi connectivity index (χ3v) is 5.95. The standard InChI is InChI=1S/C25H15Cl2N3O2S/c26-19-10-4-6-15-16(19)7-3-8-17(15)24-29-21-13-14(11-12-22(21)32-24)28-25(33)30-23(31)18-5-1-2-9-20(18)27/h1-13H,(H2,28,30,31,33). The Balaban J connectivity index is 1.39. The highest BCUT2D eigenvalue weighted by Gasteiger charge is 2.14. The molecule has 8 heteroatoms. The van der Waals surface area contributed by atoms with Crippen LogP contribution in [0.15, 0.2) is 83.3 Å². The molecule has 0 radical (unpaired) electrons. The molecule has 162 valence electrons. The molecule has 2 N–H and O–H groups in total. The zero-order valence-electron chi connectivity index (χ0n) is 16.9. The Hall–Kier alpha value is -3.45. The molecule has 5 nitrogen and oxygen atoms in total. The normalized spacial score (nSPS) is 11.0. The molecule has 0 aliphatic carbocycles. The third-order valence-electron chi connectivity index (χ3n) is 5.09. The zero-order chi connectivity index (χ0) is 22.9. The summed E-state index contributed by atoms with van der Waals surface area (Å²) in [6, 6.07) is 23.7. The highest BCUT2D eigenvalue weighted by molar-refractivity contribution is 7.80. The number of hydrogen-bond acceptors (Lipinski definition) is 4. The second-order valence-corrected chi connectivity index (χ2v) is 8.45. The average molecular weight is 492 g/mol. The van der Waals surface area contributed by atoms with E-state index in [0.29, 0.717) is 38.3 Å². The summed E-state index contributed by atoms with van der Waals surface area (Å²) in [5.41, 5.74) is 3.13. The predicted molar refractivity (Wildman–Crippen MR) is 137 cm³/mol. The second-order valence-electron chi connectivity index (χ2n) is 7.23. The molecule has 1 amide bonds. The van der Waals surface area contributed by atoms with E-state index in [0.717, 1.165) is 16.3 Å². The maximum atomic E-state index is 12.4. The minimum absolute atomic E-state index is 0.145. The number of hydrogen-bond donors (Lipinski definition) is 2. The van der Waals surface area contributed by atoms with Crippen LogP contribution in [-0.2, 0) is 0 Å². The van der Waals surface area contributed by atoms with E-state index < -0.39 is 5.91 Å². The van der Waals surface area contributed by atoms with Crippen molar-refractivity contribution >= 4 is 74.0 Å². The zero-order valence-corrected chi connectivity index (χ0v) is 19.3. The highest BCUT2D eigenvalue weighted by atomic mass is 35.5. The lowest BCUT2D eigenvalue weighted by Crippen LogP contribution is -2.34. The summed E-state index contributed by atoms with van der Waals surface area (Å²) >= 11 is 17.7. The molecule has 33 heavy (non-hydrogen) atoms. The van der Waals surface area contributed by atoms with Crippen molar-refractivity contribution in [3.05, 3.63) is 94.5 Å². The van der Waals surface area contributed by atoms with Crippen LogP contribution in [0, 0.1) is 0 Å². The largest absolute Gasteiger partial charge is 0.436 e. The van der Waals surface area contributed by atoms with Crippen molar-refractivity contribution < 1.29 is 9.21 Å². The number of fused-ring (bicyclic) bond motifs is 2. The van der Waals surface area contributed by atoms with Crippen LogP contribution in [0.5, 0.6) is 0 Å². The van der Waals surface area contributed by atoms with Crippen LogP contribution >= 0.6 is 35.4 Å². The number of nitrogens with zero attached hydrogens (tertiary/aromatic N) is 1. The first-order valence-electron chi connectivity index (χ1n) is 9.95. The van der Waals surface area contributed by atoms with Gasteiger partial charge in [-0.2, -0.15) is 0 Å². The van der Waals surface area contributed by atoms with Gasteiger partial charge in [-0.1, -0.05) is 59.6 Å². The fourth-order valence-electron chi connectivity index (χ4n) is 3.56. The van der Waals surface area contributed by atoms with Gasteiger partial charge in [0.15, 0.2) is 10.7 Å². The van der Waals surface area contributed by atoms with E-state index in [9.17, 15) is 4.79 Å². The minimum Gasteiger partial charge on any atom is -0.436 e. The topological polar surface area (TPSA) is 67.2 Å². The number of amides is 1. The van der Waals surface area contributed by atoms with E-state index in [1.54, 1.807) is 42.5 Å². The number of nitrogens with one attached hydrogen (secondary N) is 2. The lowest BCUT2D eigenvalue weighted by molar-refractivity contribution is 0.0978. The third kappa shape index (κ3) is 4.28. The van der Waals surface area contributed by atoms with Crippen LogP contribution in [-0.4, -0.2) is 16.0 Å². The maximum absolute atomic E-state index is 12.4. The second kappa shape index (κ2) is 8.83. The van der Waals surface area contributed by atoms with Crippen LogP contribution in [0.25, 0.3) is 33.3 Å². The Bertz CT molecular complexity index is 1550. The van der Waals surface area contributed by atoms with Gasteiger partial charge in [-0.15, -0.1) is 0 Å². The lowest BCUT2D eigenvalue weighted by atomic mass is 10.0. The number of halogens is 2. The molecule has 0 saturated carbocycles. The predicted octanol–water partition coefficient (Wildman–Crippen LogP) is 7.08. The first-order chi connectivity index (χ1) is 16.0. The van der Waals surface area contributed by atoms with Gasteiger partial charge in [0.05, 0.1) is 10.6 Å². The Morgan fingerprint density at radius 1 is 0.879 bits per heavy atom. The van der Waals surface area contributed by atoms with E-state index in [4.69, 9.17) is 39.8 Å². The number of oxazole rings is 1. The van der Waals surface area contributed by atoms with Crippen molar-refractivity contribution in [2.75, 3.05) is 5.32 Å². The van der Waals surface area contributed by atoms with Crippen molar-refractivity contribution in [2.24, 2.45) is 0 Å². The summed E-state index contributed by atoms with van der Waals surface area (Å²) in [7, 11) is 0. The number of rotatable bonds is 3. The SMILES string of the molecule is O=C(NC(=S)Nc1ccc2oc(-c3cccc4c(Cl)cccc34)nc2c1)c1ccccc1Cl. The van der Waals surface area contributed by atoms with Gasteiger partial charge in [-0.25, -0.2) is 4.98 Å². The van der Waals surface area contributed by atoms with Gasteiger partial charge in [0.25, 0.3) is 5.91 Å². The molecule has 0 saturated heterocycles. The van der Waals surface area contributed by atoms with Crippen molar-refractivity contribution in [3.63, 3.8) is 0 Å². The van der Waals surface area contributed by atoms with Gasteiger partial charge in [0.1, 0.15) is 5.52 Å². The van der Waals surface area contributed by atoms with Crippen LogP contribution in [0.1, 0.15) is 10.4 Å². The van der Waals surface area contributed by atoms with Crippen LogP contribution in [0.2, 0.25) is 10.0 Å². The molecule has 5 aromatic rings. The molecule has 0 unspecified atom stereocenters. The lowest BCUT2D eigenvalue weighted by Gasteiger charge is -2.10. The summed E-state index contributed by atoms with van der Waals surface area (Å²) in [6.45, 7) is 0. The highest BCUT2D eigenvalue weighted by Crippen LogP contribution is 2.34. The maximum Gasteiger partial charge on any atom is 0.258 e. The van der Waals surface area contributed by atoms with Crippen molar-refractivity contribution in [2.45, 2.75) is 0 Å². The summed E-state index contributed by atoms with van der Waals surface area (Å²) in [5.74, 6) is 0.0992. The van der Waals surface area contributed by atoms with E-state index >= 15 is 0 Å². The van der Waals surface area contributed by atoms with Gasteiger partial charge in [0, 0.05) is 21.7 Å². The molecule has 0 fully saturated rings. The van der Waals surface area contributed by atoms with Gasteiger partial charge in [0.2, 0.25) is 5.89 Å². The number of anilines is 1. The quantitative estimate of drug-likeness (QED) is 0.264. The van der Waals surface area contributed by atoms with Crippen LogP contribution in [0.4, 0.5) is 5.69 Å². The summed E-state index contributed by atoms with van der Waals surface area (Å²) in [6.07, 6.45) is 0. The number of carbonyl (C=O) groups is 1. The molecule has 1 aromatic heterocycles. The van der Waals surface area contributed by atoms with E-state index in [-0.39, 0.29) is 5.11 Å². The molecule has 0 atom stereocenters. The summed E-state index contributed by atoms with van der Waals surface area (Å²) in [4.78, 5) is 17.1. The fraction of sp³-hybridized carbons (Fsp3) is 0. The van der Waals surface area contributed by atoms with E-state index in [1.807, 2.05) is 36.4 Å². The number of aromatic nitrogens is 1. The summed E-state index contributed by atoms with van der Waals surface area (Å²) in [5, 5.41) is 8.68. The van der Waals surface area contributed by atoms with Gasteiger partial charge in [-0.05, 0) is 60.1 Å². The number of carbonyl (C=O) groups excluding carboxylic acids is 1. The summed E-state index contributed by atoms with van der Waals surface area (Å²) < 4.78 is 6.00. The first-order valence-corrected chi connectivity index (χ1v) is 11.1. The van der Waals surface area contributed by atoms with Crippen LogP contribution in [0.3, 0.4) is 0 Å². The molecule has 0 spiro atoms. The Morgan fingerprint density at radius 3 is 2.48 bits per heavy atom. The van der Waals surface area contributed by atoms with Gasteiger partial charge >= 0.3 is 0 Å². The molecular weight excluding hydrogens is 477 g/mol. The Morgan fingerprint density at radius 2 is 1.64 bits per heavy atom. The van der Waals surface area contributed by atoms with Crippen molar-refractivity contribution in [1.29, 1.82) is 0 Å².